The Bertz CT molecular complexity index is 684. The molecule has 0 spiro atoms. The molecule has 4 aliphatic rings. The minimum absolute atomic E-state index is 0.00756. The van der Waals surface area contributed by atoms with Crippen LogP contribution in [-0.4, -0.2) is 23.6 Å². The highest BCUT2D eigenvalue weighted by Gasteiger charge is 2.62. The molecule has 0 heterocycles. The highest BCUT2D eigenvalue weighted by Crippen LogP contribution is 2.67. The van der Waals surface area contributed by atoms with E-state index in [-0.39, 0.29) is 34.6 Å². The third-order valence-corrected chi connectivity index (χ3v) is 9.53. The molecule has 156 valence electrons. The molecule has 0 bridgehead atoms. The fourth-order valence-corrected chi connectivity index (χ4v) is 8.02. The molecule has 8 atom stereocenters. The Hall–Kier alpha value is -1.19. The van der Waals surface area contributed by atoms with Crippen molar-refractivity contribution in [2.24, 2.45) is 40.4 Å². The minimum atomic E-state index is -0.108. The maximum Gasteiger partial charge on any atom is 0.305 e. The van der Waals surface area contributed by atoms with Crippen LogP contribution in [0.15, 0.2) is 0 Å². The van der Waals surface area contributed by atoms with Crippen molar-refractivity contribution in [1.29, 1.82) is 0 Å². The van der Waals surface area contributed by atoms with E-state index in [2.05, 4.69) is 20.8 Å². The van der Waals surface area contributed by atoms with Crippen molar-refractivity contribution < 1.29 is 19.1 Å². The maximum absolute atomic E-state index is 13.1. The van der Waals surface area contributed by atoms with Gasteiger partial charge in [-0.05, 0) is 67.6 Å². The average Bonchev–Trinajstić information content (AvgIpc) is 3.00. The van der Waals surface area contributed by atoms with Crippen LogP contribution in [0.3, 0.4) is 0 Å². The molecule has 0 aliphatic heterocycles. The Balaban J connectivity index is 1.58. The van der Waals surface area contributed by atoms with Crippen molar-refractivity contribution in [1.82, 2.24) is 0 Å². The van der Waals surface area contributed by atoms with Crippen molar-refractivity contribution in [3.05, 3.63) is 0 Å². The molecule has 0 aromatic heterocycles. The minimum Gasteiger partial charge on any atom is -0.462 e. The predicted molar refractivity (Wildman–Crippen MR) is 106 cm³/mol. The van der Waals surface area contributed by atoms with Gasteiger partial charge in [0.15, 0.2) is 0 Å². The first-order valence-electron chi connectivity index (χ1n) is 11.4. The van der Waals surface area contributed by atoms with Crippen molar-refractivity contribution >= 4 is 17.5 Å². The first kappa shape index (κ1) is 20.1. The molecule has 4 fully saturated rings. The van der Waals surface area contributed by atoms with E-state index in [1.54, 1.807) is 0 Å². The van der Waals surface area contributed by atoms with Crippen LogP contribution in [0.2, 0.25) is 0 Å². The SMILES string of the molecule is CCC(=O)O[C@H](C)[C@H]1CC[C@H]2[C@@H]3CC(=O)[C@@H]4CC(=O)CC[C@]4(C)[C@H]3CC[C@]12C. The smallest absolute Gasteiger partial charge is 0.305 e. The topological polar surface area (TPSA) is 60.4 Å². The Morgan fingerprint density at radius 3 is 2.50 bits per heavy atom. The Kier molecular flexibility index (Phi) is 4.99. The number of ketones is 2. The molecular formula is C24H36O4. The lowest BCUT2D eigenvalue weighted by Crippen LogP contribution is -2.57. The van der Waals surface area contributed by atoms with E-state index in [4.69, 9.17) is 4.74 Å². The molecule has 0 radical (unpaired) electrons. The number of Topliss-reactive ketones (excluding diaryl/α,β-unsaturated/α-hetero) is 2. The maximum atomic E-state index is 13.1. The van der Waals surface area contributed by atoms with E-state index in [1.165, 1.54) is 0 Å². The third-order valence-electron chi connectivity index (χ3n) is 9.53. The Morgan fingerprint density at radius 2 is 1.79 bits per heavy atom. The zero-order chi connectivity index (χ0) is 20.3. The average molecular weight is 389 g/mol. The molecule has 4 nitrogen and oxygen atoms in total. The van der Waals surface area contributed by atoms with Gasteiger partial charge in [-0.2, -0.15) is 0 Å². The number of ether oxygens (including phenoxy) is 1. The molecule has 4 aliphatic carbocycles. The summed E-state index contributed by atoms with van der Waals surface area (Å²) in [5.74, 6) is 2.41. The van der Waals surface area contributed by atoms with Crippen LogP contribution in [0.5, 0.6) is 0 Å². The summed E-state index contributed by atoms with van der Waals surface area (Å²) in [5.41, 5.74) is 0.163. The van der Waals surface area contributed by atoms with Gasteiger partial charge in [0.2, 0.25) is 0 Å². The van der Waals surface area contributed by atoms with Gasteiger partial charge in [-0.15, -0.1) is 0 Å². The van der Waals surface area contributed by atoms with E-state index in [1.807, 2.05) is 6.92 Å². The van der Waals surface area contributed by atoms with Crippen molar-refractivity contribution in [3.8, 4) is 0 Å². The van der Waals surface area contributed by atoms with Crippen LogP contribution >= 0.6 is 0 Å². The van der Waals surface area contributed by atoms with Crippen LogP contribution in [-0.2, 0) is 19.1 Å². The zero-order valence-corrected chi connectivity index (χ0v) is 18.0. The van der Waals surface area contributed by atoms with Gasteiger partial charge in [0.05, 0.1) is 0 Å². The number of hydrogen-bond donors (Lipinski definition) is 0. The number of fused-ring (bicyclic) bond motifs is 5. The number of esters is 1. The molecule has 4 rings (SSSR count). The van der Waals surface area contributed by atoms with Gasteiger partial charge in [-0.1, -0.05) is 20.8 Å². The molecule has 0 saturated heterocycles. The van der Waals surface area contributed by atoms with Crippen LogP contribution in [0, 0.1) is 40.4 Å². The van der Waals surface area contributed by atoms with E-state index in [0.717, 1.165) is 32.1 Å². The summed E-state index contributed by atoms with van der Waals surface area (Å²) in [6.45, 7) is 8.61. The first-order chi connectivity index (χ1) is 13.2. The van der Waals surface area contributed by atoms with Gasteiger partial charge >= 0.3 is 5.97 Å². The normalized spacial score (nSPS) is 46.4. The van der Waals surface area contributed by atoms with E-state index in [9.17, 15) is 14.4 Å². The van der Waals surface area contributed by atoms with Gasteiger partial charge in [-0.3, -0.25) is 14.4 Å². The molecule has 28 heavy (non-hydrogen) atoms. The van der Waals surface area contributed by atoms with Gasteiger partial charge in [0, 0.05) is 37.5 Å². The second-order valence-corrected chi connectivity index (χ2v) is 10.6. The third kappa shape index (κ3) is 2.89. The van der Waals surface area contributed by atoms with Gasteiger partial charge < -0.3 is 4.74 Å². The molecule has 0 N–H and O–H groups in total. The fraction of sp³-hybridized carbons (Fsp3) is 0.875. The highest BCUT2D eigenvalue weighted by atomic mass is 16.5. The summed E-state index contributed by atoms with van der Waals surface area (Å²) >= 11 is 0. The second kappa shape index (κ2) is 6.95. The van der Waals surface area contributed by atoms with Gasteiger partial charge in [0.25, 0.3) is 0 Å². The number of hydrogen-bond acceptors (Lipinski definition) is 4. The molecule has 4 saturated carbocycles. The van der Waals surface area contributed by atoms with Crippen LogP contribution in [0.4, 0.5) is 0 Å². The Labute approximate surface area is 169 Å². The molecule has 0 amide bonds. The lowest BCUT2D eigenvalue weighted by atomic mass is 9.44. The van der Waals surface area contributed by atoms with Crippen LogP contribution < -0.4 is 0 Å². The molecular weight excluding hydrogens is 352 g/mol. The summed E-state index contributed by atoms with van der Waals surface area (Å²) in [6.07, 6.45) is 7.60. The van der Waals surface area contributed by atoms with E-state index in [0.29, 0.717) is 55.1 Å². The molecule has 4 heteroatoms. The fourth-order valence-electron chi connectivity index (χ4n) is 8.02. The number of carbonyl (C=O) groups excluding carboxylic acids is 3. The van der Waals surface area contributed by atoms with Crippen molar-refractivity contribution in [3.63, 3.8) is 0 Å². The zero-order valence-electron chi connectivity index (χ0n) is 18.0. The number of carbonyl (C=O) groups is 3. The predicted octanol–water partition coefficient (Wildman–Crippen LogP) is 4.74. The monoisotopic (exact) mass is 388 g/mol. The molecule has 0 aromatic carbocycles. The first-order valence-corrected chi connectivity index (χ1v) is 11.4. The Morgan fingerprint density at radius 1 is 1.07 bits per heavy atom. The van der Waals surface area contributed by atoms with Crippen LogP contribution in [0.25, 0.3) is 0 Å². The second-order valence-electron chi connectivity index (χ2n) is 10.6. The highest BCUT2D eigenvalue weighted by molar-refractivity contribution is 5.90. The molecule has 0 aromatic rings. The van der Waals surface area contributed by atoms with Gasteiger partial charge in [0.1, 0.15) is 17.7 Å². The van der Waals surface area contributed by atoms with E-state index < -0.39 is 0 Å². The summed E-state index contributed by atoms with van der Waals surface area (Å²) in [4.78, 5) is 37.0. The van der Waals surface area contributed by atoms with E-state index >= 15 is 0 Å². The summed E-state index contributed by atoms with van der Waals surface area (Å²) in [7, 11) is 0. The largest absolute Gasteiger partial charge is 0.462 e. The summed E-state index contributed by atoms with van der Waals surface area (Å²) in [6, 6.07) is 0. The van der Waals surface area contributed by atoms with Crippen molar-refractivity contribution in [2.45, 2.75) is 91.6 Å². The lowest BCUT2D eigenvalue weighted by molar-refractivity contribution is -0.163. The standard InChI is InChI=1S/C24H36O4/c1-5-22(27)28-14(2)17-6-7-18-16-13-21(26)20-12-15(25)8-10-24(20,4)19(16)9-11-23(17,18)3/h14,16-20H,5-13H2,1-4H3/t14-,16+,17-,18+,19+,20+,23-,24-/m1/s1. The van der Waals surface area contributed by atoms with Crippen LogP contribution in [0.1, 0.15) is 85.5 Å². The quantitative estimate of drug-likeness (QED) is 0.656. The molecule has 0 unspecified atom stereocenters. The lowest BCUT2D eigenvalue weighted by Gasteiger charge is -2.59. The summed E-state index contributed by atoms with van der Waals surface area (Å²) < 4.78 is 5.73. The number of rotatable bonds is 3. The summed E-state index contributed by atoms with van der Waals surface area (Å²) in [5, 5.41) is 0. The van der Waals surface area contributed by atoms with Crippen molar-refractivity contribution in [2.75, 3.05) is 0 Å². The van der Waals surface area contributed by atoms with Gasteiger partial charge in [-0.25, -0.2) is 0 Å².